The lowest BCUT2D eigenvalue weighted by molar-refractivity contribution is -0.119. The van der Waals surface area contributed by atoms with Gasteiger partial charge in [-0.2, -0.15) is 0 Å². The zero-order chi connectivity index (χ0) is 25.4. The molecule has 0 aromatic heterocycles. The van der Waals surface area contributed by atoms with Crippen molar-refractivity contribution in [2.75, 3.05) is 31.6 Å². The number of carbonyl (C=O) groups is 1. The summed E-state index contributed by atoms with van der Waals surface area (Å²) in [6.45, 7) is 1.83. The van der Waals surface area contributed by atoms with E-state index in [9.17, 15) is 13.2 Å². The number of halogens is 1. The third kappa shape index (κ3) is 6.90. The Kier molecular flexibility index (Phi) is 9.01. The highest BCUT2D eigenvalue weighted by atomic mass is 35.5. The largest absolute Gasteiger partial charge is 0.497 e. The molecule has 3 aromatic carbocycles. The Labute approximate surface area is 211 Å². The molecule has 0 radical (unpaired) electrons. The lowest BCUT2D eigenvalue weighted by atomic mass is 10.1. The number of sulfonamides is 1. The number of nitrogens with one attached hydrogen (secondary N) is 1. The summed E-state index contributed by atoms with van der Waals surface area (Å²) in [5, 5.41) is 3.14. The molecular formula is C26H29ClN2O5S. The van der Waals surface area contributed by atoms with Gasteiger partial charge in [0, 0.05) is 11.6 Å². The van der Waals surface area contributed by atoms with Gasteiger partial charge in [-0.15, -0.1) is 0 Å². The van der Waals surface area contributed by atoms with Crippen molar-refractivity contribution in [1.29, 1.82) is 0 Å². The van der Waals surface area contributed by atoms with Crippen molar-refractivity contribution in [3.63, 3.8) is 0 Å². The van der Waals surface area contributed by atoms with Crippen LogP contribution in [0.1, 0.15) is 17.5 Å². The summed E-state index contributed by atoms with van der Waals surface area (Å²) in [6, 6.07) is 18.8. The van der Waals surface area contributed by atoms with Gasteiger partial charge in [0.25, 0.3) is 10.0 Å². The monoisotopic (exact) mass is 516 g/mol. The van der Waals surface area contributed by atoms with Crippen molar-refractivity contribution in [2.24, 2.45) is 0 Å². The second kappa shape index (κ2) is 12.0. The number of hydrogen-bond acceptors (Lipinski definition) is 5. The van der Waals surface area contributed by atoms with Crippen molar-refractivity contribution < 1.29 is 22.7 Å². The van der Waals surface area contributed by atoms with Gasteiger partial charge in [0.2, 0.25) is 5.91 Å². The van der Waals surface area contributed by atoms with Gasteiger partial charge in [-0.3, -0.25) is 9.10 Å². The van der Waals surface area contributed by atoms with Gasteiger partial charge in [0.15, 0.2) is 0 Å². The Morgan fingerprint density at radius 1 is 1.00 bits per heavy atom. The summed E-state index contributed by atoms with van der Waals surface area (Å²) < 4.78 is 38.8. The zero-order valence-electron chi connectivity index (χ0n) is 20.0. The third-order valence-electron chi connectivity index (χ3n) is 5.40. The van der Waals surface area contributed by atoms with E-state index in [1.807, 2.05) is 31.2 Å². The number of rotatable bonds is 11. The first-order chi connectivity index (χ1) is 16.7. The molecule has 0 aliphatic carbocycles. The SMILES string of the molecule is COc1cccc(CCCNC(=O)CN(c2cc(Cl)ccc2OC)S(=O)(=O)c2ccc(C)cc2)c1. The fourth-order valence-corrected chi connectivity index (χ4v) is 5.12. The maximum absolute atomic E-state index is 13.6. The fourth-order valence-electron chi connectivity index (χ4n) is 3.53. The highest BCUT2D eigenvalue weighted by Crippen LogP contribution is 2.34. The molecule has 7 nitrogen and oxygen atoms in total. The van der Waals surface area contributed by atoms with E-state index in [2.05, 4.69) is 5.32 Å². The van der Waals surface area contributed by atoms with Crippen LogP contribution in [0.5, 0.6) is 11.5 Å². The van der Waals surface area contributed by atoms with Crippen LogP contribution in [0.4, 0.5) is 5.69 Å². The number of nitrogens with zero attached hydrogens (tertiary/aromatic N) is 1. The Hall–Kier alpha value is -3.23. The minimum atomic E-state index is -4.08. The molecule has 1 amide bonds. The summed E-state index contributed by atoms with van der Waals surface area (Å²) in [5.74, 6) is 0.628. The maximum Gasteiger partial charge on any atom is 0.264 e. The van der Waals surface area contributed by atoms with Gasteiger partial charge in [-0.1, -0.05) is 41.4 Å². The van der Waals surface area contributed by atoms with Crippen LogP contribution in [-0.4, -0.2) is 41.6 Å². The van der Waals surface area contributed by atoms with Crippen molar-refractivity contribution in [1.82, 2.24) is 5.32 Å². The normalized spacial score (nSPS) is 11.1. The zero-order valence-corrected chi connectivity index (χ0v) is 21.5. The highest BCUT2D eigenvalue weighted by molar-refractivity contribution is 7.92. The minimum absolute atomic E-state index is 0.0657. The van der Waals surface area contributed by atoms with Crippen LogP contribution in [0.3, 0.4) is 0 Å². The van der Waals surface area contributed by atoms with Crippen LogP contribution in [0, 0.1) is 6.92 Å². The van der Waals surface area contributed by atoms with E-state index in [4.69, 9.17) is 21.1 Å². The summed E-state index contributed by atoms with van der Waals surface area (Å²) in [4.78, 5) is 12.9. The first-order valence-electron chi connectivity index (χ1n) is 11.1. The van der Waals surface area contributed by atoms with Gasteiger partial charge >= 0.3 is 0 Å². The average Bonchev–Trinajstić information content (AvgIpc) is 2.85. The van der Waals surface area contributed by atoms with Gasteiger partial charge in [0.05, 0.1) is 24.8 Å². The van der Waals surface area contributed by atoms with E-state index in [-0.39, 0.29) is 16.3 Å². The van der Waals surface area contributed by atoms with E-state index < -0.39 is 22.5 Å². The Morgan fingerprint density at radius 3 is 2.43 bits per heavy atom. The number of anilines is 1. The molecule has 0 saturated heterocycles. The molecule has 0 saturated carbocycles. The maximum atomic E-state index is 13.6. The lowest BCUT2D eigenvalue weighted by Gasteiger charge is -2.26. The molecule has 3 aromatic rings. The van der Waals surface area contributed by atoms with E-state index in [1.54, 1.807) is 31.4 Å². The van der Waals surface area contributed by atoms with Gasteiger partial charge in [0.1, 0.15) is 18.0 Å². The topological polar surface area (TPSA) is 84.9 Å². The number of benzene rings is 3. The molecule has 3 rings (SSSR count). The highest BCUT2D eigenvalue weighted by Gasteiger charge is 2.29. The number of ether oxygens (including phenoxy) is 2. The number of carbonyl (C=O) groups excluding carboxylic acids is 1. The van der Waals surface area contributed by atoms with Crippen LogP contribution >= 0.6 is 11.6 Å². The van der Waals surface area contributed by atoms with Crippen LogP contribution in [0.25, 0.3) is 0 Å². The first kappa shape index (κ1) is 26.4. The molecule has 0 aliphatic rings. The van der Waals surface area contributed by atoms with Crippen LogP contribution in [0.2, 0.25) is 5.02 Å². The van der Waals surface area contributed by atoms with Crippen molar-refractivity contribution in [3.05, 3.63) is 82.9 Å². The average molecular weight is 517 g/mol. The Morgan fingerprint density at radius 2 is 1.74 bits per heavy atom. The summed E-state index contributed by atoms with van der Waals surface area (Å²) in [7, 11) is -1.03. The molecule has 0 spiro atoms. The molecular weight excluding hydrogens is 488 g/mol. The Balaban J connectivity index is 1.77. The summed E-state index contributed by atoms with van der Waals surface area (Å²) in [5.41, 5.74) is 2.20. The van der Waals surface area contributed by atoms with Gasteiger partial charge < -0.3 is 14.8 Å². The van der Waals surface area contributed by atoms with Gasteiger partial charge in [-0.25, -0.2) is 8.42 Å². The molecule has 35 heavy (non-hydrogen) atoms. The smallest absolute Gasteiger partial charge is 0.264 e. The third-order valence-corrected chi connectivity index (χ3v) is 7.41. The standard InChI is InChI=1S/C26H29ClN2O5S/c1-19-9-12-23(13-10-19)35(31,32)29(24-17-21(27)11-14-25(24)34-3)18-26(30)28-15-5-7-20-6-4-8-22(16-20)33-2/h4,6,8-14,16-17H,5,7,15,18H2,1-3H3,(H,28,30). The van der Waals surface area contributed by atoms with Crippen LogP contribution in [0.15, 0.2) is 71.6 Å². The lowest BCUT2D eigenvalue weighted by Crippen LogP contribution is -2.41. The molecule has 0 bridgehead atoms. The number of methoxy groups -OCH3 is 2. The van der Waals surface area contributed by atoms with Gasteiger partial charge in [-0.05, 0) is 67.8 Å². The van der Waals surface area contributed by atoms with Crippen molar-refractivity contribution in [2.45, 2.75) is 24.7 Å². The summed E-state index contributed by atoms with van der Waals surface area (Å²) in [6.07, 6.45) is 1.43. The second-order valence-electron chi connectivity index (χ2n) is 7.95. The molecule has 1 N–H and O–H groups in total. The fraction of sp³-hybridized carbons (Fsp3) is 0.269. The van der Waals surface area contributed by atoms with Crippen LogP contribution < -0.4 is 19.1 Å². The Bertz CT molecular complexity index is 1260. The minimum Gasteiger partial charge on any atom is -0.497 e. The molecule has 0 aliphatic heterocycles. The quantitative estimate of drug-likeness (QED) is 0.376. The molecule has 0 atom stereocenters. The first-order valence-corrected chi connectivity index (χ1v) is 12.9. The van der Waals surface area contributed by atoms with E-state index in [0.717, 1.165) is 27.6 Å². The molecule has 186 valence electrons. The predicted molar refractivity (Wildman–Crippen MR) is 138 cm³/mol. The van der Waals surface area contributed by atoms with E-state index in [1.165, 1.54) is 25.3 Å². The second-order valence-corrected chi connectivity index (χ2v) is 10.2. The number of aryl methyl sites for hydroxylation is 2. The van der Waals surface area contributed by atoms with Crippen molar-refractivity contribution >= 4 is 33.2 Å². The summed E-state index contributed by atoms with van der Waals surface area (Å²) >= 11 is 6.17. The van der Waals surface area contributed by atoms with Crippen molar-refractivity contribution in [3.8, 4) is 11.5 Å². The predicted octanol–water partition coefficient (Wildman–Crippen LogP) is 4.61. The molecule has 0 fully saturated rings. The molecule has 9 heteroatoms. The van der Waals surface area contributed by atoms with Crippen LogP contribution in [-0.2, 0) is 21.2 Å². The molecule has 0 heterocycles. The van der Waals surface area contributed by atoms with E-state index >= 15 is 0 Å². The van der Waals surface area contributed by atoms with E-state index in [0.29, 0.717) is 18.0 Å². The number of hydrogen-bond donors (Lipinski definition) is 1. The number of amides is 1. The molecule has 0 unspecified atom stereocenters.